The van der Waals surface area contributed by atoms with Gasteiger partial charge < -0.3 is 24.8 Å². The van der Waals surface area contributed by atoms with E-state index in [2.05, 4.69) is 50.3 Å². The number of rotatable bonds is 7. The lowest BCUT2D eigenvalue weighted by Crippen LogP contribution is -2.44. The number of nitriles is 1. The summed E-state index contributed by atoms with van der Waals surface area (Å²) in [7, 11) is 2.17. The Morgan fingerprint density at radius 2 is 2.00 bits per heavy atom. The molecular weight excluding hydrogens is 412 g/mol. The third kappa shape index (κ3) is 4.77. The second-order valence-electron chi connectivity index (χ2n) is 8.59. The van der Waals surface area contributed by atoms with E-state index in [4.69, 9.17) is 4.74 Å². The van der Waals surface area contributed by atoms with Crippen LogP contribution in [-0.4, -0.2) is 66.1 Å². The molecule has 1 fully saturated rings. The van der Waals surface area contributed by atoms with Gasteiger partial charge >= 0.3 is 0 Å². The van der Waals surface area contributed by atoms with Gasteiger partial charge in [-0.3, -0.25) is 4.98 Å². The van der Waals surface area contributed by atoms with Crippen molar-refractivity contribution in [1.29, 1.82) is 5.26 Å². The molecule has 0 unspecified atom stereocenters. The quantitative estimate of drug-likeness (QED) is 0.416. The van der Waals surface area contributed by atoms with Crippen molar-refractivity contribution < 1.29 is 4.74 Å². The zero-order chi connectivity index (χ0) is 22.6. The molecule has 2 aromatic carbocycles. The van der Waals surface area contributed by atoms with E-state index in [1.165, 1.54) is 0 Å². The molecule has 0 amide bonds. The number of anilines is 2. The van der Waals surface area contributed by atoms with Crippen LogP contribution in [0.5, 0.6) is 5.75 Å². The van der Waals surface area contributed by atoms with Gasteiger partial charge in [0.15, 0.2) is 0 Å². The number of nitrogens with one attached hydrogen (secondary N) is 2. The minimum Gasteiger partial charge on any atom is -0.492 e. The van der Waals surface area contributed by atoms with Crippen LogP contribution in [-0.2, 0) is 0 Å². The fourth-order valence-corrected chi connectivity index (χ4v) is 4.32. The Hall–Kier alpha value is -3.60. The van der Waals surface area contributed by atoms with Gasteiger partial charge in [-0.05, 0) is 49.9 Å². The van der Waals surface area contributed by atoms with E-state index < -0.39 is 0 Å². The van der Waals surface area contributed by atoms with Gasteiger partial charge in [-0.25, -0.2) is 0 Å². The molecular formula is C26H28N6O. The number of nitrogens with zero attached hydrogens (tertiary/aromatic N) is 4. The van der Waals surface area contributed by atoms with Crippen LogP contribution in [0.15, 0.2) is 54.9 Å². The van der Waals surface area contributed by atoms with Crippen molar-refractivity contribution in [1.82, 2.24) is 19.8 Å². The van der Waals surface area contributed by atoms with Gasteiger partial charge in [-0.2, -0.15) is 5.26 Å². The molecule has 7 heteroatoms. The van der Waals surface area contributed by atoms with Gasteiger partial charge in [0.25, 0.3) is 0 Å². The van der Waals surface area contributed by atoms with E-state index in [0.29, 0.717) is 17.9 Å². The van der Waals surface area contributed by atoms with Crippen molar-refractivity contribution in [2.45, 2.75) is 6.42 Å². The van der Waals surface area contributed by atoms with Crippen LogP contribution in [0, 0.1) is 11.3 Å². The molecule has 7 nitrogen and oxygen atoms in total. The van der Waals surface area contributed by atoms with Gasteiger partial charge in [0.05, 0.1) is 17.7 Å². The monoisotopic (exact) mass is 440 g/mol. The average Bonchev–Trinajstić information content (AvgIpc) is 3.30. The number of aromatic amines is 1. The van der Waals surface area contributed by atoms with Gasteiger partial charge in [-0.1, -0.05) is 0 Å². The Morgan fingerprint density at radius 3 is 2.85 bits per heavy atom. The maximum Gasteiger partial charge on any atom is 0.139 e. The molecule has 0 bridgehead atoms. The third-order valence-corrected chi connectivity index (χ3v) is 6.27. The first-order chi connectivity index (χ1) is 16.2. The molecule has 3 heterocycles. The number of piperazine rings is 1. The van der Waals surface area contributed by atoms with Crippen LogP contribution in [0.3, 0.4) is 0 Å². The molecule has 2 N–H and O–H groups in total. The number of pyridine rings is 1. The first-order valence-corrected chi connectivity index (χ1v) is 11.4. The molecule has 1 aliphatic heterocycles. The Labute approximate surface area is 193 Å². The summed E-state index contributed by atoms with van der Waals surface area (Å²) in [5.41, 5.74) is 4.32. The minimum absolute atomic E-state index is 0.527. The molecule has 33 heavy (non-hydrogen) atoms. The number of hydrogen-bond acceptors (Lipinski definition) is 6. The molecule has 5 rings (SSSR count). The van der Waals surface area contributed by atoms with Crippen LogP contribution >= 0.6 is 0 Å². The lowest BCUT2D eigenvalue weighted by atomic mass is 10.1. The Kier molecular flexibility index (Phi) is 6.11. The summed E-state index contributed by atoms with van der Waals surface area (Å²) in [6.07, 6.45) is 4.65. The molecule has 4 aromatic rings. The summed E-state index contributed by atoms with van der Waals surface area (Å²) in [6.45, 7) is 6.04. The third-order valence-electron chi connectivity index (χ3n) is 6.27. The number of benzene rings is 2. The molecule has 1 saturated heterocycles. The smallest absolute Gasteiger partial charge is 0.139 e. The lowest BCUT2D eigenvalue weighted by molar-refractivity contribution is 0.145. The van der Waals surface area contributed by atoms with Crippen molar-refractivity contribution in [2.24, 2.45) is 0 Å². The normalized spacial score (nSPS) is 15.0. The summed E-state index contributed by atoms with van der Waals surface area (Å²) < 4.78 is 6.02. The second kappa shape index (κ2) is 9.49. The number of fused-ring (bicyclic) bond motifs is 2. The predicted octanol–water partition coefficient (Wildman–Crippen LogP) is 4.35. The summed E-state index contributed by atoms with van der Waals surface area (Å²) in [4.78, 5) is 12.6. The molecule has 1 aliphatic rings. The summed E-state index contributed by atoms with van der Waals surface area (Å²) in [6, 6.07) is 16.2. The average molecular weight is 441 g/mol. The highest BCUT2D eigenvalue weighted by Crippen LogP contribution is 2.31. The Balaban J connectivity index is 1.30. The zero-order valence-electron chi connectivity index (χ0n) is 18.8. The highest BCUT2D eigenvalue weighted by molar-refractivity contribution is 5.95. The van der Waals surface area contributed by atoms with E-state index >= 15 is 0 Å². The van der Waals surface area contributed by atoms with E-state index in [0.717, 1.165) is 72.3 Å². The van der Waals surface area contributed by atoms with Crippen molar-refractivity contribution >= 4 is 33.2 Å². The summed E-state index contributed by atoms with van der Waals surface area (Å²) >= 11 is 0. The van der Waals surface area contributed by atoms with Gasteiger partial charge in [0, 0.05) is 78.8 Å². The molecule has 0 aliphatic carbocycles. The largest absolute Gasteiger partial charge is 0.492 e. The van der Waals surface area contributed by atoms with Crippen molar-refractivity contribution in [2.75, 3.05) is 51.7 Å². The first-order valence-electron chi connectivity index (χ1n) is 11.4. The van der Waals surface area contributed by atoms with Gasteiger partial charge in [0.2, 0.25) is 0 Å². The maximum atomic E-state index is 9.75. The zero-order valence-corrected chi connectivity index (χ0v) is 18.8. The van der Waals surface area contributed by atoms with Gasteiger partial charge in [0.1, 0.15) is 11.8 Å². The highest BCUT2D eigenvalue weighted by Gasteiger charge is 2.14. The minimum atomic E-state index is 0.527. The van der Waals surface area contributed by atoms with Crippen LogP contribution in [0.4, 0.5) is 11.4 Å². The topological polar surface area (TPSA) is 80.2 Å². The highest BCUT2D eigenvalue weighted by atomic mass is 16.5. The van der Waals surface area contributed by atoms with Crippen molar-refractivity contribution in [3.05, 3.63) is 60.4 Å². The van der Waals surface area contributed by atoms with Crippen LogP contribution in [0.2, 0.25) is 0 Å². The number of likely N-dealkylation sites (N-methyl/N-ethyl adjacent to an activating group) is 1. The van der Waals surface area contributed by atoms with Crippen LogP contribution in [0.25, 0.3) is 21.8 Å². The first kappa shape index (κ1) is 21.3. The molecule has 168 valence electrons. The molecule has 0 spiro atoms. The molecule has 2 aromatic heterocycles. The van der Waals surface area contributed by atoms with Crippen molar-refractivity contribution in [3.63, 3.8) is 0 Å². The number of aromatic nitrogens is 2. The molecule has 0 atom stereocenters. The lowest BCUT2D eigenvalue weighted by Gasteiger charge is -2.32. The van der Waals surface area contributed by atoms with Crippen LogP contribution < -0.4 is 10.1 Å². The maximum absolute atomic E-state index is 9.75. The van der Waals surface area contributed by atoms with Gasteiger partial charge in [-0.15, -0.1) is 0 Å². The van der Waals surface area contributed by atoms with Crippen molar-refractivity contribution in [3.8, 4) is 11.8 Å². The number of H-pyrrole nitrogens is 1. The van der Waals surface area contributed by atoms with E-state index in [1.807, 2.05) is 36.5 Å². The Bertz CT molecular complexity index is 1300. The molecule has 0 radical (unpaired) electrons. The van der Waals surface area contributed by atoms with E-state index in [9.17, 15) is 5.26 Å². The Morgan fingerprint density at radius 1 is 1.12 bits per heavy atom. The SMILES string of the molecule is CN1CCN(CCCOc2cc3nccc(Nc4ccc5[nH]ccc5c4)c3cc2C#N)CC1. The molecule has 0 saturated carbocycles. The van der Waals surface area contributed by atoms with Crippen LogP contribution in [0.1, 0.15) is 12.0 Å². The summed E-state index contributed by atoms with van der Waals surface area (Å²) in [5, 5.41) is 15.3. The second-order valence-corrected chi connectivity index (χ2v) is 8.59. The number of ether oxygens (including phenoxy) is 1. The fourth-order valence-electron chi connectivity index (χ4n) is 4.32. The summed E-state index contributed by atoms with van der Waals surface area (Å²) in [5.74, 6) is 0.599. The van der Waals surface area contributed by atoms with E-state index in [1.54, 1.807) is 6.20 Å². The standard InChI is InChI=1S/C26H28N6O/c1-31-10-12-32(13-11-31)9-2-14-33-26-17-25-22(16-20(26)18-27)24(6-8-29-25)30-21-3-4-23-19(15-21)5-7-28-23/h3-8,15-17,28H,2,9-14H2,1H3,(H,29,30). The fraction of sp³-hybridized carbons (Fsp3) is 0.308. The predicted molar refractivity (Wildman–Crippen MR) is 132 cm³/mol. The van der Waals surface area contributed by atoms with E-state index in [-0.39, 0.29) is 0 Å². The number of hydrogen-bond donors (Lipinski definition) is 2.